The van der Waals surface area contributed by atoms with E-state index in [1.165, 1.54) is 10.5 Å². The second-order valence-electron chi connectivity index (χ2n) is 5.27. The van der Waals surface area contributed by atoms with Gasteiger partial charge in [-0.15, -0.1) is 11.8 Å². The zero-order chi connectivity index (χ0) is 16.8. The van der Waals surface area contributed by atoms with Gasteiger partial charge in [-0.1, -0.05) is 23.9 Å². The zero-order valence-electron chi connectivity index (χ0n) is 13.9. The highest BCUT2D eigenvalue weighted by atomic mass is 32.2. The molecule has 0 spiro atoms. The molecule has 0 aliphatic rings. The number of aromatic nitrogens is 3. The number of thioether (sulfide) groups is 2. The van der Waals surface area contributed by atoms with Crippen molar-refractivity contribution in [3.63, 3.8) is 0 Å². The van der Waals surface area contributed by atoms with Crippen LogP contribution in [-0.2, 0) is 10.5 Å². The van der Waals surface area contributed by atoms with Crippen molar-refractivity contribution < 1.29 is 4.74 Å². The maximum Gasteiger partial charge on any atom is 0.166 e. The van der Waals surface area contributed by atoms with Crippen LogP contribution in [0, 0.1) is 6.92 Å². The van der Waals surface area contributed by atoms with Crippen molar-refractivity contribution in [2.24, 2.45) is 0 Å². The summed E-state index contributed by atoms with van der Waals surface area (Å²) in [4.78, 5) is 13.8. The van der Waals surface area contributed by atoms with E-state index in [9.17, 15) is 0 Å². The molecule has 2 heterocycles. The minimum Gasteiger partial charge on any atom is -0.381 e. The third-order valence-corrected chi connectivity index (χ3v) is 5.67. The number of imidazole rings is 1. The van der Waals surface area contributed by atoms with E-state index in [1.807, 2.05) is 49.1 Å². The number of benzene rings is 1. The Bertz CT molecular complexity index is 771. The number of rotatable bonds is 8. The summed E-state index contributed by atoms with van der Waals surface area (Å²) >= 11 is 3.52. The summed E-state index contributed by atoms with van der Waals surface area (Å²) in [6, 6.07) is 10.2. The Morgan fingerprint density at radius 1 is 1.17 bits per heavy atom. The number of ether oxygens (including phenoxy) is 1. The van der Waals surface area contributed by atoms with Gasteiger partial charge < -0.3 is 9.72 Å². The van der Waals surface area contributed by atoms with Crippen LogP contribution in [0.4, 0.5) is 0 Å². The monoisotopic (exact) mass is 359 g/mol. The molecule has 0 saturated heterocycles. The molecule has 0 atom stereocenters. The fourth-order valence-corrected chi connectivity index (χ4v) is 4.17. The molecular weight excluding hydrogens is 338 g/mol. The van der Waals surface area contributed by atoms with E-state index in [1.54, 1.807) is 11.8 Å². The molecule has 0 amide bonds. The first-order valence-corrected chi connectivity index (χ1v) is 9.97. The van der Waals surface area contributed by atoms with E-state index in [0.29, 0.717) is 0 Å². The summed E-state index contributed by atoms with van der Waals surface area (Å²) < 4.78 is 5.41. The Kier molecular flexibility index (Phi) is 6.18. The molecule has 0 unspecified atom stereocenters. The lowest BCUT2D eigenvalue weighted by molar-refractivity contribution is 0.164. The smallest absolute Gasteiger partial charge is 0.166 e. The van der Waals surface area contributed by atoms with Crippen LogP contribution in [0.1, 0.15) is 18.2 Å². The molecule has 24 heavy (non-hydrogen) atoms. The molecule has 6 heteroatoms. The highest BCUT2D eigenvalue weighted by Crippen LogP contribution is 2.28. The number of pyridine rings is 1. The maximum atomic E-state index is 5.41. The maximum absolute atomic E-state index is 5.41. The Hall–Kier alpha value is -1.50. The van der Waals surface area contributed by atoms with Gasteiger partial charge in [0.25, 0.3) is 0 Å². The van der Waals surface area contributed by atoms with Crippen molar-refractivity contribution in [1.82, 2.24) is 15.0 Å². The van der Waals surface area contributed by atoms with Crippen LogP contribution >= 0.6 is 23.5 Å². The predicted molar refractivity (Wildman–Crippen MR) is 102 cm³/mol. The molecule has 3 rings (SSSR count). The van der Waals surface area contributed by atoms with E-state index in [-0.39, 0.29) is 0 Å². The van der Waals surface area contributed by atoms with Crippen LogP contribution in [-0.4, -0.2) is 33.9 Å². The van der Waals surface area contributed by atoms with Gasteiger partial charge in [0.2, 0.25) is 0 Å². The first-order chi connectivity index (χ1) is 11.8. The lowest BCUT2D eigenvalue weighted by Gasteiger charge is -2.09. The second-order valence-corrected chi connectivity index (χ2v) is 7.37. The predicted octanol–water partition coefficient (Wildman–Crippen LogP) is 4.69. The summed E-state index contributed by atoms with van der Waals surface area (Å²) in [7, 11) is 0. The molecule has 2 aromatic heterocycles. The highest BCUT2D eigenvalue weighted by molar-refractivity contribution is 7.99. The van der Waals surface area contributed by atoms with E-state index in [2.05, 4.69) is 27.9 Å². The minimum absolute atomic E-state index is 0.773. The van der Waals surface area contributed by atoms with E-state index >= 15 is 0 Å². The Labute approximate surface area is 150 Å². The third-order valence-electron chi connectivity index (χ3n) is 3.66. The number of fused-ring (bicyclic) bond motifs is 1. The van der Waals surface area contributed by atoms with E-state index < -0.39 is 0 Å². The van der Waals surface area contributed by atoms with Crippen LogP contribution in [0.25, 0.3) is 11.0 Å². The normalized spacial score (nSPS) is 11.2. The van der Waals surface area contributed by atoms with Crippen LogP contribution in [0.15, 0.2) is 46.6 Å². The van der Waals surface area contributed by atoms with Gasteiger partial charge in [-0.25, -0.2) is 4.98 Å². The van der Waals surface area contributed by atoms with E-state index in [0.717, 1.165) is 46.6 Å². The van der Waals surface area contributed by atoms with Crippen LogP contribution in [0.3, 0.4) is 0 Å². The molecule has 0 bridgehead atoms. The molecule has 0 fully saturated rings. The lowest BCUT2D eigenvalue weighted by Crippen LogP contribution is -1.98. The van der Waals surface area contributed by atoms with Crippen molar-refractivity contribution in [2.45, 2.75) is 29.7 Å². The molecule has 4 nitrogen and oxygen atoms in total. The first-order valence-electron chi connectivity index (χ1n) is 8.00. The van der Waals surface area contributed by atoms with Crippen molar-refractivity contribution in [3.05, 3.63) is 47.8 Å². The van der Waals surface area contributed by atoms with Crippen molar-refractivity contribution in [1.29, 1.82) is 0 Å². The number of nitrogens with one attached hydrogen (secondary N) is 1. The molecule has 126 valence electrons. The molecule has 3 aromatic rings. The zero-order valence-corrected chi connectivity index (χ0v) is 15.5. The van der Waals surface area contributed by atoms with Gasteiger partial charge in [0.1, 0.15) is 0 Å². The number of para-hydroxylation sites is 2. The van der Waals surface area contributed by atoms with Crippen molar-refractivity contribution in [2.75, 3.05) is 19.0 Å². The minimum atomic E-state index is 0.773. The summed E-state index contributed by atoms with van der Waals surface area (Å²) in [5, 5.41) is 0.937. The van der Waals surface area contributed by atoms with Gasteiger partial charge in [-0.3, -0.25) is 4.98 Å². The van der Waals surface area contributed by atoms with Crippen LogP contribution < -0.4 is 0 Å². The van der Waals surface area contributed by atoms with Gasteiger partial charge in [0, 0.05) is 29.2 Å². The standard InChI is InChI=1S/C18H21N3OS2/c1-3-22-10-11-23-17-8-9-19-16(13(17)2)12-24-18-20-14-6-4-5-7-15(14)21-18/h4-9H,3,10-12H2,1-2H3,(H,20,21). The molecular formula is C18H21N3OS2. The van der Waals surface area contributed by atoms with Gasteiger partial charge in [-0.05, 0) is 37.6 Å². The topological polar surface area (TPSA) is 50.8 Å². The van der Waals surface area contributed by atoms with Crippen LogP contribution in [0.2, 0.25) is 0 Å². The number of nitrogens with zero attached hydrogens (tertiary/aromatic N) is 2. The number of aromatic amines is 1. The third kappa shape index (κ3) is 4.32. The Balaban J connectivity index is 1.64. The quantitative estimate of drug-likeness (QED) is 0.467. The van der Waals surface area contributed by atoms with Gasteiger partial charge >= 0.3 is 0 Å². The average Bonchev–Trinajstić information content (AvgIpc) is 3.02. The van der Waals surface area contributed by atoms with Crippen molar-refractivity contribution in [3.8, 4) is 0 Å². The van der Waals surface area contributed by atoms with Crippen LogP contribution in [0.5, 0.6) is 0 Å². The molecule has 0 aliphatic heterocycles. The molecule has 0 radical (unpaired) electrons. The fraction of sp³-hybridized carbons (Fsp3) is 0.333. The summed E-state index contributed by atoms with van der Waals surface area (Å²) in [5.74, 6) is 1.78. The molecule has 0 aliphatic carbocycles. The van der Waals surface area contributed by atoms with Gasteiger partial charge in [-0.2, -0.15) is 0 Å². The Morgan fingerprint density at radius 2 is 2.04 bits per heavy atom. The lowest BCUT2D eigenvalue weighted by atomic mass is 10.2. The summed E-state index contributed by atoms with van der Waals surface area (Å²) in [6.45, 7) is 5.72. The van der Waals surface area contributed by atoms with Crippen molar-refractivity contribution >= 4 is 34.6 Å². The molecule has 0 saturated carbocycles. The summed E-state index contributed by atoms with van der Waals surface area (Å²) in [6.07, 6.45) is 1.89. The molecule has 1 aromatic carbocycles. The van der Waals surface area contributed by atoms with Gasteiger partial charge in [0.15, 0.2) is 5.16 Å². The summed E-state index contributed by atoms with van der Waals surface area (Å²) in [5.41, 5.74) is 4.44. The number of hydrogen-bond acceptors (Lipinski definition) is 5. The largest absolute Gasteiger partial charge is 0.381 e. The average molecular weight is 360 g/mol. The Morgan fingerprint density at radius 3 is 2.88 bits per heavy atom. The van der Waals surface area contributed by atoms with E-state index in [4.69, 9.17) is 4.74 Å². The number of H-pyrrole nitrogens is 1. The van der Waals surface area contributed by atoms with Gasteiger partial charge in [0.05, 0.1) is 23.3 Å². The highest BCUT2D eigenvalue weighted by Gasteiger charge is 2.09. The first kappa shape index (κ1) is 17.3. The SMILES string of the molecule is CCOCCSc1ccnc(CSc2nc3ccccc3[nH]2)c1C. The fourth-order valence-electron chi connectivity index (χ4n) is 2.35. The second kappa shape index (κ2) is 8.55. The molecule has 1 N–H and O–H groups in total. The number of hydrogen-bond donors (Lipinski definition) is 1.